The molecule has 0 saturated heterocycles. The predicted octanol–water partition coefficient (Wildman–Crippen LogP) is 3.22. The number of hydrogen-bond donors (Lipinski definition) is 2. The van der Waals surface area contributed by atoms with Crippen molar-refractivity contribution in [3.8, 4) is 0 Å². The number of alkyl carbamates (subject to hydrolysis) is 2. The molecule has 0 bridgehead atoms. The lowest BCUT2D eigenvalue weighted by molar-refractivity contribution is 0.0490. The molecule has 24 heavy (non-hydrogen) atoms. The maximum Gasteiger partial charge on any atom is 0.407 e. The molecule has 6 nitrogen and oxygen atoms in total. The first-order valence-corrected chi connectivity index (χ1v) is 8.53. The highest BCUT2D eigenvalue weighted by Gasteiger charge is 2.62. The molecule has 136 valence electrons. The highest BCUT2D eigenvalue weighted by molar-refractivity contribution is 5.69. The average molecular weight is 338 g/mol. The number of allylic oxidation sites excluding steroid dienone is 1. The van der Waals surface area contributed by atoms with Gasteiger partial charge in [-0.2, -0.15) is 0 Å². The van der Waals surface area contributed by atoms with Crippen LogP contribution in [0, 0.1) is 17.8 Å². The van der Waals surface area contributed by atoms with Gasteiger partial charge in [0.05, 0.1) is 0 Å². The van der Waals surface area contributed by atoms with Crippen LogP contribution in [0.2, 0.25) is 0 Å². The minimum Gasteiger partial charge on any atom is -0.444 e. The summed E-state index contributed by atoms with van der Waals surface area (Å²) in [7, 11) is 0. The van der Waals surface area contributed by atoms with Gasteiger partial charge in [0.2, 0.25) is 0 Å². The summed E-state index contributed by atoms with van der Waals surface area (Å²) in [5.74, 6) is 0.906. The lowest BCUT2D eigenvalue weighted by Crippen LogP contribution is -2.44. The molecule has 5 atom stereocenters. The molecular weight excluding hydrogens is 308 g/mol. The van der Waals surface area contributed by atoms with E-state index in [0.29, 0.717) is 24.2 Å². The third-order valence-corrected chi connectivity index (χ3v) is 4.31. The third-order valence-electron chi connectivity index (χ3n) is 4.31. The Labute approximate surface area is 144 Å². The maximum absolute atomic E-state index is 12.0. The van der Waals surface area contributed by atoms with E-state index in [1.165, 1.54) is 0 Å². The zero-order chi connectivity index (χ0) is 18.3. The molecule has 2 amide bonds. The van der Waals surface area contributed by atoms with Gasteiger partial charge in [-0.3, -0.25) is 0 Å². The van der Waals surface area contributed by atoms with Crippen molar-refractivity contribution in [1.29, 1.82) is 0 Å². The summed E-state index contributed by atoms with van der Waals surface area (Å²) in [6.45, 7) is 14.9. The Balaban J connectivity index is 1.93. The largest absolute Gasteiger partial charge is 0.444 e. The first kappa shape index (κ1) is 18.6. The van der Waals surface area contributed by atoms with Gasteiger partial charge in [0.1, 0.15) is 11.2 Å². The van der Waals surface area contributed by atoms with Gasteiger partial charge < -0.3 is 20.1 Å². The van der Waals surface area contributed by atoms with Crippen molar-refractivity contribution in [2.45, 2.75) is 71.2 Å². The Morgan fingerprint density at radius 3 is 1.58 bits per heavy atom. The Kier molecular flexibility index (Phi) is 4.88. The lowest BCUT2D eigenvalue weighted by Gasteiger charge is -2.25. The predicted molar refractivity (Wildman–Crippen MR) is 91.6 cm³/mol. The van der Waals surface area contributed by atoms with E-state index in [4.69, 9.17) is 9.47 Å². The molecule has 2 rings (SSSR count). The van der Waals surface area contributed by atoms with Crippen molar-refractivity contribution in [2.24, 2.45) is 17.8 Å². The van der Waals surface area contributed by atoms with Crippen LogP contribution in [0.15, 0.2) is 12.7 Å². The van der Waals surface area contributed by atoms with E-state index in [1.807, 2.05) is 47.6 Å². The Morgan fingerprint density at radius 1 is 0.917 bits per heavy atom. The molecule has 1 unspecified atom stereocenters. The zero-order valence-electron chi connectivity index (χ0n) is 15.5. The first-order valence-electron chi connectivity index (χ1n) is 8.53. The second kappa shape index (κ2) is 6.30. The fourth-order valence-electron chi connectivity index (χ4n) is 3.59. The van der Waals surface area contributed by atoms with Crippen molar-refractivity contribution in [3.05, 3.63) is 12.7 Å². The van der Waals surface area contributed by atoms with Gasteiger partial charge in [-0.25, -0.2) is 9.59 Å². The Bertz CT molecular complexity index is 476. The second-order valence-electron chi connectivity index (χ2n) is 8.71. The van der Waals surface area contributed by atoms with E-state index < -0.39 is 23.4 Å². The number of fused-ring (bicyclic) bond motifs is 1. The molecular formula is C18H30N2O4. The average Bonchev–Trinajstić information content (AvgIpc) is 2.97. The number of amides is 2. The van der Waals surface area contributed by atoms with E-state index in [1.54, 1.807) is 0 Å². The minimum atomic E-state index is -0.530. The van der Waals surface area contributed by atoms with E-state index >= 15 is 0 Å². The zero-order valence-corrected chi connectivity index (χ0v) is 15.5. The highest BCUT2D eigenvalue weighted by atomic mass is 16.6. The van der Waals surface area contributed by atoms with Crippen LogP contribution in [0.25, 0.3) is 0 Å². The van der Waals surface area contributed by atoms with Gasteiger partial charge in [0, 0.05) is 12.1 Å². The molecule has 0 heterocycles. The van der Waals surface area contributed by atoms with Crippen LogP contribution in [0.3, 0.4) is 0 Å². The van der Waals surface area contributed by atoms with Crippen molar-refractivity contribution in [3.63, 3.8) is 0 Å². The van der Waals surface area contributed by atoms with Crippen molar-refractivity contribution >= 4 is 12.2 Å². The van der Waals surface area contributed by atoms with E-state index in [0.717, 1.165) is 0 Å². The smallest absolute Gasteiger partial charge is 0.407 e. The SMILES string of the molecule is C=CC1[C@@H]2[C@H]1[C@@H](NC(=O)OC(C)(C)C)C[C@H]2NC(=O)OC(C)(C)C. The van der Waals surface area contributed by atoms with E-state index in [-0.39, 0.29) is 12.1 Å². The molecule has 2 saturated carbocycles. The molecule has 2 aliphatic carbocycles. The number of nitrogens with one attached hydrogen (secondary N) is 2. The summed E-state index contributed by atoms with van der Waals surface area (Å²) >= 11 is 0. The summed E-state index contributed by atoms with van der Waals surface area (Å²) in [6, 6.07) is -0.0411. The van der Waals surface area contributed by atoms with Crippen LogP contribution >= 0.6 is 0 Å². The van der Waals surface area contributed by atoms with Gasteiger partial charge in [-0.1, -0.05) is 6.08 Å². The fraction of sp³-hybridized carbons (Fsp3) is 0.778. The molecule has 2 N–H and O–H groups in total. The number of carbonyl (C=O) groups excluding carboxylic acids is 2. The van der Waals surface area contributed by atoms with Crippen molar-refractivity contribution in [2.75, 3.05) is 0 Å². The quantitative estimate of drug-likeness (QED) is 0.775. The second-order valence-corrected chi connectivity index (χ2v) is 8.71. The summed E-state index contributed by atoms with van der Waals surface area (Å²) in [4.78, 5) is 24.0. The van der Waals surface area contributed by atoms with Gasteiger partial charge in [-0.15, -0.1) is 6.58 Å². The van der Waals surface area contributed by atoms with E-state index in [9.17, 15) is 9.59 Å². The number of carbonyl (C=O) groups is 2. The summed E-state index contributed by atoms with van der Waals surface area (Å²) in [6.07, 6.45) is 1.75. The molecule has 0 aliphatic heterocycles. The molecule has 0 aromatic heterocycles. The molecule has 2 aliphatic rings. The monoisotopic (exact) mass is 338 g/mol. The first-order chi connectivity index (χ1) is 10.9. The Hall–Kier alpha value is -1.72. The molecule has 0 aromatic rings. The van der Waals surface area contributed by atoms with Crippen LogP contribution in [-0.4, -0.2) is 35.5 Å². The van der Waals surface area contributed by atoms with Crippen molar-refractivity contribution in [1.82, 2.24) is 10.6 Å². The Morgan fingerprint density at radius 2 is 1.29 bits per heavy atom. The van der Waals surface area contributed by atoms with Crippen LogP contribution in [0.1, 0.15) is 48.0 Å². The number of hydrogen-bond acceptors (Lipinski definition) is 4. The molecule has 0 radical (unpaired) electrons. The van der Waals surface area contributed by atoms with Crippen LogP contribution in [0.5, 0.6) is 0 Å². The standard InChI is InChI=1S/C18H30N2O4/c1-8-10-13-11(19-15(21)23-17(2,3)4)9-12(14(10)13)20-16(22)24-18(5,6)7/h8,10-14H,1,9H2,2-7H3,(H,19,21)(H,20,22)/t10?,11-,12+,13+,14-. The van der Waals surface area contributed by atoms with Gasteiger partial charge >= 0.3 is 12.2 Å². The van der Waals surface area contributed by atoms with Gasteiger partial charge in [0.15, 0.2) is 0 Å². The molecule has 2 fully saturated rings. The highest BCUT2D eigenvalue weighted by Crippen LogP contribution is 2.58. The summed E-state index contributed by atoms with van der Waals surface area (Å²) < 4.78 is 10.7. The summed E-state index contributed by atoms with van der Waals surface area (Å²) in [5, 5.41) is 5.88. The van der Waals surface area contributed by atoms with Gasteiger partial charge in [0.25, 0.3) is 0 Å². The van der Waals surface area contributed by atoms with Crippen LogP contribution < -0.4 is 10.6 Å². The number of ether oxygens (including phenoxy) is 2. The van der Waals surface area contributed by atoms with Crippen LogP contribution in [-0.2, 0) is 9.47 Å². The summed E-state index contributed by atoms with van der Waals surface area (Å²) in [5.41, 5.74) is -1.06. The van der Waals surface area contributed by atoms with Crippen LogP contribution in [0.4, 0.5) is 9.59 Å². The topological polar surface area (TPSA) is 76.7 Å². The third kappa shape index (κ3) is 4.65. The molecule has 0 aromatic carbocycles. The maximum atomic E-state index is 12.0. The fourth-order valence-corrected chi connectivity index (χ4v) is 3.59. The van der Waals surface area contributed by atoms with E-state index in [2.05, 4.69) is 17.2 Å². The lowest BCUT2D eigenvalue weighted by atomic mass is 10.0. The minimum absolute atomic E-state index is 0.0206. The van der Waals surface area contributed by atoms with Gasteiger partial charge in [-0.05, 0) is 65.7 Å². The molecule has 6 heteroatoms. The van der Waals surface area contributed by atoms with Crippen molar-refractivity contribution < 1.29 is 19.1 Å². The normalized spacial score (nSPS) is 31.7. The molecule has 0 spiro atoms. The number of rotatable bonds is 3.